The minimum atomic E-state index is -3.57. The smallest absolute Gasteiger partial charge is 0.240 e. The zero-order valence-electron chi connectivity index (χ0n) is 11.9. The van der Waals surface area contributed by atoms with Crippen molar-refractivity contribution in [1.82, 2.24) is 9.62 Å². The Hall–Kier alpha value is -0.860. The van der Waals surface area contributed by atoms with Crippen LogP contribution in [0, 0.1) is 6.92 Å². The van der Waals surface area contributed by atoms with Gasteiger partial charge in [0.2, 0.25) is 10.0 Å². The van der Waals surface area contributed by atoms with Gasteiger partial charge in [0, 0.05) is 26.2 Å². The molecule has 1 heterocycles. The number of nitrogens with zero attached hydrogens (tertiary/aromatic N) is 1. The zero-order chi connectivity index (χ0) is 15.5. The highest BCUT2D eigenvalue weighted by Gasteiger charge is 2.17. The van der Waals surface area contributed by atoms with Gasteiger partial charge in [-0.2, -0.15) is 0 Å². The quantitative estimate of drug-likeness (QED) is 0.780. The van der Waals surface area contributed by atoms with Crippen molar-refractivity contribution in [2.75, 3.05) is 45.1 Å². The fraction of sp³-hybridized carbons (Fsp3) is 0.538. The lowest BCUT2D eigenvalue weighted by Crippen LogP contribution is -2.41. The Morgan fingerprint density at radius 1 is 1.38 bits per heavy atom. The average Bonchev–Trinajstić information content (AvgIpc) is 2.45. The predicted molar refractivity (Wildman–Crippen MR) is 83.0 cm³/mol. The molecular weight excluding hydrogens is 314 g/mol. The molecule has 1 aromatic rings. The van der Waals surface area contributed by atoms with Gasteiger partial charge in [0.15, 0.2) is 0 Å². The van der Waals surface area contributed by atoms with Crippen molar-refractivity contribution >= 4 is 27.3 Å². The molecular formula is C13H20ClN3O3S. The first-order chi connectivity index (χ1) is 9.90. The maximum atomic E-state index is 12.2. The number of benzene rings is 1. The van der Waals surface area contributed by atoms with E-state index < -0.39 is 10.0 Å². The van der Waals surface area contributed by atoms with Crippen molar-refractivity contribution in [3.8, 4) is 0 Å². The minimum absolute atomic E-state index is 0.142. The topological polar surface area (TPSA) is 84.7 Å². The van der Waals surface area contributed by atoms with E-state index in [0.717, 1.165) is 13.1 Å². The van der Waals surface area contributed by atoms with Gasteiger partial charge in [-0.15, -0.1) is 0 Å². The van der Waals surface area contributed by atoms with Crippen molar-refractivity contribution in [2.24, 2.45) is 0 Å². The number of aryl methyl sites for hydroxylation is 1. The lowest BCUT2D eigenvalue weighted by Gasteiger charge is -2.26. The lowest BCUT2D eigenvalue weighted by atomic mass is 10.2. The van der Waals surface area contributed by atoms with Gasteiger partial charge in [0.05, 0.1) is 28.8 Å². The van der Waals surface area contributed by atoms with E-state index in [0.29, 0.717) is 36.9 Å². The third-order valence-electron chi connectivity index (χ3n) is 3.39. The fourth-order valence-electron chi connectivity index (χ4n) is 2.16. The number of nitrogens with two attached hydrogens (primary N) is 1. The molecule has 0 bridgehead atoms. The molecule has 0 radical (unpaired) electrons. The number of nitrogen functional groups attached to an aromatic ring is 1. The van der Waals surface area contributed by atoms with Crippen LogP contribution in [0.3, 0.4) is 0 Å². The summed E-state index contributed by atoms with van der Waals surface area (Å²) in [5, 5.41) is 0.391. The van der Waals surface area contributed by atoms with Crippen molar-refractivity contribution < 1.29 is 13.2 Å². The number of hydrogen-bond acceptors (Lipinski definition) is 5. The molecule has 118 valence electrons. The van der Waals surface area contributed by atoms with Crippen LogP contribution in [0.25, 0.3) is 0 Å². The molecule has 3 N–H and O–H groups in total. The van der Waals surface area contributed by atoms with Crippen molar-refractivity contribution in [3.63, 3.8) is 0 Å². The summed E-state index contributed by atoms with van der Waals surface area (Å²) < 4.78 is 32.3. The van der Waals surface area contributed by atoms with E-state index in [1.165, 1.54) is 12.1 Å². The molecule has 0 aliphatic carbocycles. The van der Waals surface area contributed by atoms with Crippen molar-refractivity contribution in [1.29, 1.82) is 0 Å². The predicted octanol–water partition coefficient (Wildman–Crippen LogP) is 0.841. The Morgan fingerprint density at radius 3 is 2.67 bits per heavy atom. The van der Waals surface area contributed by atoms with E-state index in [1.807, 2.05) is 0 Å². The minimum Gasteiger partial charge on any atom is -0.397 e. The van der Waals surface area contributed by atoms with E-state index in [2.05, 4.69) is 9.62 Å². The van der Waals surface area contributed by atoms with E-state index in [9.17, 15) is 8.42 Å². The molecule has 0 amide bonds. The van der Waals surface area contributed by atoms with Crippen LogP contribution in [-0.2, 0) is 14.8 Å². The zero-order valence-corrected chi connectivity index (χ0v) is 13.5. The van der Waals surface area contributed by atoms with Crippen molar-refractivity contribution in [3.05, 3.63) is 22.7 Å². The van der Waals surface area contributed by atoms with Crippen LogP contribution in [0.1, 0.15) is 5.56 Å². The normalized spacial score (nSPS) is 17.0. The van der Waals surface area contributed by atoms with Gasteiger partial charge >= 0.3 is 0 Å². The molecule has 0 saturated carbocycles. The summed E-state index contributed by atoms with van der Waals surface area (Å²) in [6, 6.07) is 2.90. The summed E-state index contributed by atoms with van der Waals surface area (Å²) in [5.41, 5.74) is 6.63. The lowest BCUT2D eigenvalue weighted by molar-refractivity contribution is 0.0390. The summed E-state index contributed by atoms with van der Waals surface area (Å²) in [6.45, 7) is 5.78. The largest absolute Gasteiger partial charge is 0.397 e. The highest BCUT2D eigenvalue weighted by Crippen LogP contribution is 2.26. The standard InChI is InChI=1S/C13H20ClN3O3S/c1-10-8-11(9-12(15)13(10)14)21(18,19)16-2-3-17-4-6-20-7-5-17/h8-9,16H,2-7,15H2,1H3. The highest BCUT2D eigenvalue weighted by atomic mass is 35.5. The Labute approximate surface area is 130 Å². The molecule has 1 aromatic carbocycles. The molecule has 21 heavy (non-hydrogen) atoms. The van der Waals surface area contributed by atoms with E-state index in [4.69, 9.17) is 22.1 Å². The molecule has 0 spiro atoms. The second-order valence-corrected chi connectivity index (χ2v) is 7.14. The maximum absolute atomic E-state index is 12.2. The van der Waals surface area contributed by atoms with Gasteiger partial charge in [-0.3, -0.25) is 4.90 Å². The van der Waals surface area contributed by atoms with Crippen LogP contribution in [0.15, 0.2) is 17.0 Å². The Morgan fingerprint density at radius 2 is 2.05 bits per heavy atom. The molecule has 1 aliphatic heterocycles. The molecule has 1 aliphatic rings. The number of halogens is 1. The molecule has 0 unspecified atom stereocenters. The summed E-state index contributed by atoms with van der Waals surface area (Å²) in [5.74, 6) is 0. The Balaban J connectivity index is 1.98. The summed E-state index contributed by atoms with van der Waals surface area (Å²) in [6.07, 6.45) is 0. The molecule has 0 atom stereocenters. The van der Waals surface area contributed by atoms with Gasteiger partial charge in [-0.25, -0.2) is 13.1 Å². The summed E-state index contributed by atoms with van der Waals surface area (Å²) >= 11 is 5.95. The van der Waals surface area contributed by atoms with Gasteiger partial charge in [0.25, 0.3) is 0 Å². The molecule has 1 saturated heterocycles. The van der Waals surface area contributed by atoms with Gasteiger partial charge in [0.1, 0.15) is 0 Å². The number of rotatable bonds is 5. The third kappa shape index (κ3) is 4.31. The van der Waals surface area contributed by atoms with Gasteiger partial charge < -0.3 is 10.5 Å². The van der Waals surface area contributed by atoms with Crippen LogP contribution >= 0.6 is 11.6 Å². The summed E-state index contributed by atoms with van der Waals surface area (Å²) in [7, 11) is -3.57. The molecule has 6 nitrogen and oxygen atoms in total. The number of hydrogen-bond donors (Lipinski definition) is 2. The SMILES string of the molecule is Cc1cc(S(=O)(=O)NCCN2CCOCC2)cc(N)c1Cl. The van der Waals surface area contributed by atoms with Crippen LogP contribution < -0.4 is 10.5 Å². The third-order valence-corrected chi connectivity index (χ3v) is 5.35. The monoisotopic (exact) mass is 333 g/mol. The molecule has 2 rings (SSSR count). The number of sulfonamides is 1. The average molecular weight is 334 g/mol. The Bertz CT molecular complexity index is 578. The van der Waals surface area contributed by atoms with E-state index >= 15 is 0 Å². The first-order valence-corrected chi connectivity index (χ1v) is 8.61. The highest BCUT2D eigenvalue weighted by molar-refractivity contribution is 7.89. The van der Waals surface area contributed by atoms with Gasteiger partial charge in [-0.1, -0.05) is 11.6 Å². The van der Waals surface area contributed by atoms with Crippen molar-refractivity contribution in [2.45, 2.75) is 11.8 Å². The second kappa shape index (κ2) is 6.93. The Kier molecular flexibility index (Phi) is 5.45. The van der Waals surface area contributed by atoms with E-state index in [-0.39, 0.29) is 10.6 Å². The molecule has 0 aromatic heterocycles. The van der Waals surface area contributed by atoms with Crippen LogP contribution in [0.2, 0.25) is 5.02 Å². The fourth-order valence-corrected chi connectivity index (χ4v) is 3.41. The van der Waals surface area contributed by atoms with Crippen LogP contribution in [0.4, 0.5) is 5.69 Å². The van der Waals surface area contributed by atoms with E-state index in [1.54, 1.807) is 6.92 Å². The first kappa shape index (κ1) is 16.5. The number of morpholine rings is 1. The van der Waals surface area contributed by atoms with Crippen LogP contribution in [0.5, 0.6) is 0 Å². The second-order valence-electron chi connectivity index (χ2n) is 5.00. The number of ether oxygens (including phenoxy) is 1. The maximum Gasteiger partial charge on any atom is 0.240 e. The van der Waals surface area contributed by atoms with Crippen LogP contribution in [-0.4, -0.2) is 52.7 Å². The summed E-state index contributed by atoms with van der Waals surface area (Å²) in [4.78, 5) is 2.30. The first-order valence-electron chi connectivity index (χ1n) is 6.75. The molecule has 1 fully saturated rings. The number of nitrogens with one attached hydrogen (secondary N) is 1. The number of anilines is 1. The van der Waals surface area contributed by atoms with Gasteiger partial charge in [-0.05, 0) is 24.6 Å². The molecule has 8 heteroatoms.